The summed E-state index contributed by atoms with van der Waals surface area (Å²) >= 11 is 0. The zero-order chi connectivity index (χ0) is 33.3. The largest absolute Gasteiger partial charge is 0.708 e. The number of hydrogen-bond donors (Lipinski definition) is 0. The second-order valence-electron chi connectivity index (χ2n) is 10.6. The first-order valence-electron chi connectivity index (χ1n) is 15.3. The quantitative estimate of drug-likeness (QED) is 0.150. The minimum Gasteiger partial charge on any atom is -0.483 e. The zero-order valence-corrected chi connectivity index (χ0v) is 29.3. The minimum absolute atomic E-state index is 0.128. The summed E-state index contributed by atoms with van der Waals surface area (Å²) in [6.45, 7) is 11.6. The lowest BCUT2D eigenvalue weighted by Crippen LogP contribution is -2.58. The van der Waals surface area contributed by atoms with Crippen LogP contribution in [-0.2, 0) is 27.7 Å². The van der Waals surface area contributed by atoms with E-state index >= 15 is 0 Å². The Morgan fingerprint density at radius 1 is 0.511 bits per heavy atom. The lowest BCUT2D eigenvalue weighted by Gasteiger charge is -2.34. The van der Waals surface area contributed by atoms with Gasteiger partial charge < -0.3 is 26.6 Å². The number of hydrogen-bond acceptors (Lipinski definition) is 9. The van der Waals surface area contributed by atoms with Crippen LogP contribution in [0.2, 0.25) is 11.1 Å². The third kappa shape index (κ3) is 12.4. The van der Waals surface area contributed by atoms with Crippen molar-refractivity contribution in [3.8, 4) is 17.2 Å². The van der Waals surface area contributed by atoms with E-state index in [0.717, 1.165) is 36.5 Å². The second kappa shape index (κ2) is 18.7. The molecule has 0 aliphatic heterocycles. The lowest BCUT2D eigenvalue weighted by molar-refractivity contribution is -0.148. The van der Waals surface area contributed by atoms with E-state index in [9.17, 15) is 14.4 Å². The molecule has 0 saturated carbocycles. The predicted molar refractivity (Wildman–Crippen MR) is 177 cm³/mol. The Bertz CT molecular complexity index is 1160. The third-order valence-corrected chi connectivity index (χ3v) is 12.8. The van der Waals surface area contributed by atoms with Crippen LogP contribution in [0.3, 0.4) is 0 Å². The Morgan fingerprint density at radius 2 is 0.778 bits per heavy atom. The van der Waals surface area contributed by atoms with Gasteiger partial charge in [0.15, 0.2) is 0 Å². The van der Waals surface area contributed by atoms with Crippen molar-refractivity contribution in [2.75, 3.05) is 0 Å². The molecule has 0 heterocycles. The highest BCUT2D eigenvalue weighted by Gasteiger charge is 2.57. The molecule has 0 radical (unpaired) electrons. The second-order valence-corrected chi connectivity index (χ2v) is 16.2. The molecule has 0 saturated heterocycles. The van der Waals surface area contributed by atoms with Gasteiger partial charge in [0.1, 0.15) is 17.2 Å². The maximum Gasteiger partial charge on any atom is 0.708 e. The average Bonchev–Trinajstić information content (AvgIpc) is 2.98. The predicted octanol–water partition coefficient (Wildman–Crippen LogP) is 8.16. The van der Waals surface area contributed by atoms with Gasteiger partial charge in [0.2, 0.25) is 0 Å². The van der Waals surface area contributed by atoms with E-state index in [1.165, 1.54) is 20.8 Å². The summed E-state index contributed by atoms with van der Waals surface area (Å²) in [7, 11) is -6.80. The van der Waals surface area contributed by atoms with Gasteiger partial charge in [-0.2, -0.15) is 0 Å². The van der Waals surface area contributed by atoms with Gasteiger partial charge in [-0.1, -0.05) is 95.1 Å². The first-order chi connectivity index (χ1) is 21.4. The summed E-state index contributed by atoms with van der Waals surface area (Å²) in [5.74, 6) is 0.392. The van der Waals surface area contributed by atoms with Gasteiger partial charge in [0.25, 0.3) is 17.9 Å². The molecule has 3 aromatic rings. The molecule has 3 aromatic carbocycles. The minimum atomic E-state index is -3.66. The van der Waals surface area contributed by atoms with E-state index in [-0.39, 0.29) is 11.1 Å². The van der Waals surface area contributed by atoms with Crippen molar-refractivity contribution >= 4 is 35.5 Å². The van der Waals surface area contributed by atoms with Crippen molar-refractivity contribution < 1.29 is 40.9 Å². The molecular formula is C34H46O9Si2. The monoisotopic (exact) mass is 654 g/mol. The Kier molecular flexibility index (Phi) is 15.4. The fourth-order valence-corrected chi connectivity index (χ4v) is 9.84. The molecule has 9 nitrogen and oxygen atoms in total. The molecule has 45 heavy (non-hydrogen) atoms. The van der Waals surface area contributed by atoms with Crippen LogP contribution >= 0.6 is 0 Å². The molecule has 2 unspecified atom stereocenters. The molecule has 0 N–H and O–H groups in total. The van der Waals surface area contributed by atoms with Crippen LogP contribution in [0.1, 0.15) is 74.1 Å². The average molecular weight is 655 g/mol. The van der Waals surface area contributed by atoms with E-state index in [1.807, 2.05) is 97.9 Å². The summed E-state index contributed by atoms with van der Waals surface area (Å²) in [6, 6.07) is 29.4. The third-order valence-electron chi connectivity index (χ3n) is 6.52. The highest BCUT2D eigenvalue weighted by atomic mass is 28.4. The molecule has 3 rings (SSSR count). The topological polar surface area (TPSA) is 107 Å². The van der Waals surface area contributed by atoms with Crippen LogP contribution < -0.4 is 13.3 Å². The van der Waals surface area contributed by atoms with Crippen LogP contribution in [0, 0.1) is 0 Å². The van der Waals surface area contributed by atoms with Crippen LogP contribution in [0.15, 0.2) is 91.0 Å². The van der Waals surface area contributed by atoms with Crippen LogP contribution in [0.25, 0.3) is 0 Å². The summed E-state index contributed by atoms with van der Waals surface area (Å²) < 4.78 is 34.8. The van der Waals surface area contributed by atoms with E-state index in [1.54, 1.807) is 6.92 Å². The zero-order valence-electron chi connectivity index (χ0n) is 27.3. The summed E-state index contributed by atoms with van der Waals surface area (Å²) in [4.78, 5) is 33.5. The summed E-state index contributed by atoms with van der Waals surface area (Å²) in [6.07, 6.45) is 3.41. The van der Waals surface area contributed by atoms with Gasteiger partial charge in [-0.3, -0.25) is 14.4 Å². The number of carbonyl (C=O) groups excluding carboxylic acids is 3. The maximum atomic E-state index is 11.2. The SMILES string of the molecule is CCCC(C)[Si](OC(C)=O)(OC(C)=O)OC(C)=O.CCCC(C)[Si](Oc1ccccc1)(Oc1ccccc1)Oc1ccccc1. The first kappa shape index (κ1) is 37.1. The molecular weight excluding hydrogens is 609 g/mol. The van der Waals surface area contributed by atoms with Gasteiger partial charge in [-0.25, -0.2) is 0 Å². The van der Waals surface area contributed by atoms with E-state index in [0.29, 0.717) is 6.42 Å². The molecule has 0 amide bonds. The number of carbonyl (C=O) groups is 3. The molecule has 0 spiro atoms. The fourth-order valence-electron chi connectivity index (χ4n) is 4.51. The van der Waals surface area contributed by atoms with Gasteiger partial charge >= 0.3 is 17.6 Å². The Balaban J connectivity index is 0.000000344. The molecule has 0 aliphatic carbocycles. The van der Waals surface area contributed by atoms with Gasteiger partial charge in [-0.05, 0) is 49.2 Å². The van der Waals surface area contributed by atoms with E-state index in [4.69, 9.17) is 26.6 Å². The maximum absolute atomic E-state index is 11.2. The highest BCUT2D eigenvalue weighted by Crippen LogP contribution is 2.34. The van der Waals surface area contributed by atoms with Crippen molar-refractivity contribution in [1.29, 1.82) is 0 Å². The normalized spacial score (nSPS) is 12.3. The Hall–Kier alpha value is -4.10. The van der Waals surface area contributed by atoms with Crippen LogP contribution in [-0.4, -0.2) is 35.5 Å². The summed E-state index contributed by atoms with van der Waals surface area (Å²) in [5, 5.41) is 0. The van der Waals surface area contributed by atoms with Gasteiger partial charge in [0.05, 0.1) is 11.1 Å². The number of benzene rings is 3. The van der Waals surface area contributed by atoms with Crippen LogP contribution in [0.4, 0.5) is 0 Å². The van der Waals surface area contributed by atoms with E-state index < -0.39 is 35.5 Å². The molecule has 2 atom stereocenters. The van der Waals surface area contributed by atoms with Crippen molar-refractivity contribution in [3.63, 3.8) is 0 Å². The standard InChI is InChI=1S/C23H26O3Si.C11H20O6Si/c1-3-13-20(2)27(24-21-14-7-4-8-15-21,25-22-16-9-5-10-17-22)26-23-18-11-6-12-19-23;1-6-7-8(2)18(15-9(3)12,16-10(4)13)17-11(5)14/h4-12,14-20H,3,13H2,1-2H3;8H,6-7H2,1-5H3. The van der Waals surface area contributed by atoms with Crippen molar-refractivity contribution in [2.24, 2.45) is 0 Å². The Morgan fingerprint density at radius 3 is 1.02 bits per heavy atom. The highest BCUT2D eigenvalue weighted by molar-refractivity contribution is 6.67. The molecule has 0 aliphatic rings. The van der Waals surface area contributed by atoms with Crippen molar-refractivity contribution in [1.82, 2.24) is 0 Å². The van der Waals surface area contributed by atoms with Crippen molar-refractivity contribution in [3.05, 3.63) is 91.0 Å². The van der Waals surface area contributed by atoms with E-state index in [2.05, 4.69) is 13.8 Å². The van der Waals surface area contributed by atoms with Gasteiger partial charge in [-0.15, -0.1) is 0 Å². The molecule has 0 bridgehead atoms. The summed E-state index contributed by atoms with van der Waals surface area (Å²) in [5.41, 5.74) is -0.192. The smallest absolute Gasteiger partial charge is 0.483 e. The lowest BCUT2D eigenvalue weighted by atomic mass is 10.3. The molecule has 0 aromatic heterocycles. The molecule has 0 fully saturated rings. The first-order valence-corrected chi connectivity index (χ1v) is 18.9. The molecule has 244 valence electrons. The number of para-hydroxylation sites is 3. The molecule has 11 heteroatoms. The van der Waals surface area contributed by atoms with Gasteiger partial charge in [0, 0.05) is 20.8 Å². The number of rotatable bonds is 15. The van der Waals surface area contributed by atoms with Crippen molar-refractivity contribution in [2.45, 2.75) is 85.2 Å². The fraction of sp³-hybridized carbons (Fsp3) is 0.382. The Labute approximate surface area is 269 Å². The van der Waals surface area contributed by atoms with Crippen LogP contribution in [0.5, 0.6) is 17.2 Å².